The molecule has 7 heteroatoms. The summed E-state index contributed by atoms with van der Waals surface area (Å²) in [6.45, 7) is 0. The minimum atomic E-state index is 0. The minimum Gasteiger partial charge on any atom is -0.813 e. The molecule has 0 aromatic heterocycles. The normalized spacial score (nSPS) is 0. The third-order valence-corrected chi connectivity index (χ3v) is 0. The molecule has 0 atom stereocenters. The molecule has 0 aliphatic heterocycles. The fraction of sp³-hybridized carbons (Fsp3) is 0. The predicted molar refractivity (Wildman–Crippen MR) is 48.3 cm³/mol. The summed E-state index contributed by atoms with van der Waals surface area (Å²) in [5.74, 6) is 0. The Morgan fingerprint density at radius 3 is 0.571 bits per heavy atom. The van der Waals surface area contributed by atoms with Gasteiger partial charge >= 0.3 is 0 Å². The summed E-state index contributed by atoms with van der Waals surface area (Å²) in [6, 6.07) is 0. The molecular formula is H12N2S4W-2. The molecule has 0 heterocycles. The molecule has 0 unspecified atom stereocenters. The first-order valence-corrected chi connectivity index (χ1v) is 0. The van der Waals surface area contributed by atoms with Crippen LogP contribution in [-0.4, -0.2) is 0 Å². The average Bonchev–Trinajstić information content (AvgIpc) is 0. The Morgan fingerprint density at radius 1 is 0.571 bits per heavy atom. The molecule has 0 spiro atoms. The van der Waals surface area contributed by atoms with Crippen LogP contribution in [-0.2, 0) is 48.1 Å². The molecule has 0 aliphatic carbocycles. The molecule has 0 aliphatic rings. The van der Waals surface area contributed by atoms with Crippen LogP contribution in [0.25, 0.3) is 0 Å². The van der Waals surface area contributed by atoms with Crippen LogP contribution in [0.4, 0.5) is 0 Å². The molecule has 54 valence electrons. The van der Waals surface area contributed by atoms with Crippen molar-refractivity contribution in [1.82, 2.24) is 12.3 Å². The van der Waals surface area contributed by atoms with Crippen molar-refractivity contribution in [2.45, 2.75) is 0 Å². The van der Waals surface area contributed by atoms with E-state index in [2.05, 4.69) is 0 Å². The third-order valence-electron chi connectivity index (χ3n) is 0. The first-order valence-electron chi connectivity index (χ1n) is 0. The van der Waals surface area contributed by atoms with Gasteiger partial charge in [-0.05, 0) is 0 Å². The van der Waals surface area contributed by atoms with Crippen LogP contribution in [0.15, 0.2) is 0 Å². The molecule has 0 rings (SSSR count). The zero-order chi connectivity index (χ0) is 0. The Morgan fingerprint density at radius 2 is 0.571 bits per heavy atom. The van der Waals surface area contributed by atoms with E-state index >= 15 is 0 Å². The second kappa shape index (κ2) is 97.5. The Bertz CT molecular complexity index is 9.65. The SMILES string of the molecule is N.N.S.S.[SH-].[SH-].[W]. The van der Waals surface area contributed by atoms with Crippen LogP contribution in [0.1, 0.15) is 0 Å². The molecule has 7 heavy (non-hydrogen) atoms. The molecule has 0 radical (unpaired) electrons. The molecule has 0 saturated heterocycles. The van der Waals surface area contributed by atoms with Crippen LogP contribution in [0.3, 0.4) is 0 Å². The Labute approximate surface area is 86.8 Å². The summed E-state index contributed by atoms with van der Waals surface area (Å²) in [5, 5.41) is 0. The number of hydrogen-bond donors (Lipinski definition) is 2. The first kappa shape index (κ1) is 143. The maximum atomic E-state index is 0. The number of thiol groups is 2. The average molecular weight is 352 g/mol. The summed E-state index contributed by atoms with van der Waals surface area (Å²) < 4.78 is 0. The van der Waals surface area contributed by atoms with E-state index in [0.717, 1.165) is 0 Å². The summed E-state index contributed by atoms with van der Waals surface area (Å²) in [6.07, 6.45) is 0. The second-order valence-electron chi connectivity index (χ2n) is 0. The van der Waals surface area contributed by atoms with E-state index in [1.807, 2.05) is 0 Å². The smallest absolute Gasteiger partial charge is 0 e. The van der Waals surface area contributed by atoms with Crippen molar-refractivity contribution < 1.29 is 21.1 Å². The maximum absolute atomic E-state index is 0. The fourth-order valence-electron chi connectivity index (χ4n) is 0. The maximum Gasteiger partial charge on any atom is 0 e. The van der Waals surface area contributed by atoms with Gasteiger partial charge in [0.1, 0.15) is 0 Å². The van der Waals surface area contributed by atoms with E-state index in [0.29, 0.717) is 0 Å². The van der Waals surface area contributed by atoms with Crippen LogP contribution in [0.2, 0.25) is 0 Å². The van der Waals surface area contributed by atoms with Gasteiger partial charge in [-0.1, -0.05) is 0 Å². The third kappa shape index (κ3) is 71.7. The van der Waals surface area contributed by atoms with Gasteiger partial charge in [0.2, 0.25) is 0 Å². The van der Waals surface area contributed by atoms with Crippen LogP contribution >= 0.6 is 27.0 Å². The van der Waals surface area contributed by atoms with Crippen molar-refractivity contribution in [3.05, 3.63) is 0 Å². The Hall–Kier alpha value is 2.01. The molecule has 0 amide bonds. The predicted octanol–water partition coefficient (Wildman–Crippen LogP) is 0.00690. The first-order chi connectivity index (χ1) is 0. The molecule has 6 N–H and O–H groups in total. The van der Waals surface area contributed by atoms with Gasteiger partial charge in [-0.2, -0.15) is 27.0 Å². The van der Waals surface area contributed by atoms with Crippen molar-refractivity contribution in [1.29, 1.82) is 0 Å². The Kier molecular flexibility index (Phi) is 2000. The molecule has 2 nitrogen and oxygen atoms in total. The van der Waals surface area contributed by atoms with Gasteiger partial charge in [0, 0.05) is 21.1 Å². The van der Waals surface area contributed by atoms with E-state index < -0.39 is 0 Å². The summed E-state index contributed by atoms with van der Waals surface area (Å²) >= 11 is 0. The van der Waals surface area contributed by atoms with Gasteiger partial charge in [-0.25, -0.2) is 0 Å². The van der Waals surface area contributed by atoms with Crippen molar-refractivity contribution in [2.24, 2.45) is 0 Å². The van der Waals surface area contributed by atoms with Crippen LogP contribution < -0.4 is 12.3 Å². The van der Waals surface area contributed by atoms with Gasteiger partial charge in [0.25, 0.3) is 0 Å². The van der Waals surface area contributed by atoms with E-state index in [-0.39, 0.29) is 87.3 Å². The second-order valence-corrected chi connectivity index (χ2v) is 0. The fourth-order valence-corrected chi connectivity index (χ4v) is 0. The summed E-state index contributed by atoms with van der Waals surface area (Å²) in [7, 11) is 0. The van der Waals surface area contributed by atoms with Gasteiger partial charge in [-0.3, -0.25) is 0 Å². The van der Waals surface area contributed by atoms with Crippen LogP contribution in [0, 0.1) is 0 Å². The van der Waals surface area contributed by atoms with Crippen molar-refractivity contribution in [2.75, 3.05) is 0 Å². The van der Waals surface area contributed by atoms with Crippen LogP contribution in [0.5, 0.6) is 0 Å². The molecule has 0 saturated carbocycles. The standard InChI is InChI=1S/2H3N.4H2S.W/h2*1H3;4*1H2;/p-2. The Balaban J connectivity index is 0. The van der Waals surface area contributed by atoms with Crippen molar-refractivity contribution >= 4 is 54.0 Å². The topological polar surface area (TPSA) is 70.0 Å². The minimum absolute atomic E-state index is 0. The largest absolute Gasteiger partial charge is 0.813 e. The van der Waals surface area contributed by atoms with Crippen molar-refractivity contribution in [3.63, 3.8) is 0 Å². The molecule has 0 aromatic carbocycles. The van der Waals surface area contributed by atoms with Gasteiger partial charge in [0.05, 0.1) is 0 Å². The van der Waals surface area contributed by atoms with E-state index in [1.54, 1.807) is 0 Å². The van der Waals surface area contributed by atoms with Gasteiger partial charge in [0.15, 0.2) is 0 Å². The summed E-state index contributed by atoms with van der Waals surface area (Å²) in [4.78, 5) is 0. The zero-order valence-corrected chi connectivity index (χ0v) is 10.4. The van der Waals surface area contributed by atoms with E-state index in [4.69, 9.17) is 0 Å². The van der Waals surface area contributed by atoms with Gasteiger partial charge < -0.3 is 39.3 Å². The zero-order valence-electron chi connectivity index (χ0n) is 3.72. The monoisotopic (exact) mass is 352 g/mol. The quantitative estimate of drug-likeness (QED) is 0.476. The number of hydrogen-bond acceptors (Lipinski definition) is 4. The van der Waals surface area contributed by atoms with Crippen molar-refractivity contribution in [3.8, 4) is 0 Å². The van der Waals surface area contributed by atoms with E-state index in [9.17, 15) is 0 Å². The van der Waals surface area contributed by atoms with Gasteiger partial charge in [-0.15, -0.1) is 0 Å². The molecule has 0 fully saturated rings. The summed E-state index contributed by atoms with van der Waals surface area (Å²) in [5.41, 5.74) is 0. The number of rotatable bonds is 0. The molecule has 0 aromatic rings. The van der Waals surface area contributed by atoms with E-state index in [1.165, 1.54) is 0 Å². The molecular weight excluding hydrogens is 340 g/mol. The molecule has 0 bridgehead atoms.